The van der Waals surface area contributed by atoms with E-state index < -0.39 is 0 Å². The second-order valence-electron chi connectivity index (χ2n) is 3.07. The lowest BCUT2D eigenvalue weighted by Crippen LogP contribution is -2.23. The first-order valence-electron chi connectivity index (χ1n) is 4.12. The van der Waals surface area contributed by atoms with E-state index in [2.05, 4.69) is 4.98 Å². The van der Waals surface area contributed by atoms with Crippen LogP contribution in [0.15, 0.2) is 24.7 Å². The summed E-state index contributed by atoms with van der Waals surface area (Å²) in [6, 6.07) is 1.72. The van der Waals surface area contributed by atoms with Crippen LogP contribution in [0.4, 0.5) is 0 Å². The second-order valence-corrected chi connectivity index (χ2v) is 3.07. The lowest BCUT2D eigenvalue weighted by molar-refractivity contribution is -0.111. The number of aldehydes is 1. The van der Waals surface area contributed by atoms with Gasteiger partial charge in [0.05, 0.1) is 0 Å². The third-order valence-corrected chi connectivity index (χ3v) is 2.26. The molecule has 0 N–H and O–H groups in total. The molecule has 0 aromatic carbocycles. The van der Waals surface area contributed by atoms with Gasteiger partial charge >= 0.3 is 0 Å². The van der Waals surface area contributed by atoms with Crippen LogP contribution in [0, 0.1) is 0 Å². The Morgan fingerprint density at radius 3 is 3.23 bits per heavy atom. The van der Waals surface area contributed by atoms with Crippen molar-refractivity contribution in [3.63, 3.8) is 0 Å². The van der Waals surface area contributed by atoms with Crippen LogP contribution >= 0.6 is 0 Å². The zero-order valence-electron chi connectivity index (χ0n) is 7.34. The molecule has 1 aromatic heterocycles. The maximum atomic E-state index is 10.8. The van der Waals surface area contributed by atoms with Crippen LogP contribution in [-0.2, 0) is 4.79 Å². The third-order valence-electron chi connectivity index (χ3n) is 2.26. The van der Waals surface area contributed by atoms with E-state index in [4.69, 9.17) is 0 Å². The first-order chi connectivity index (χ1) is 6.33. The van der Waals surface area contributed by atoms with E-state index >= 15 is 0 Å². The van der Waals surface area contributed by atoms with Gasteiger partial charge in [-0.3, -0.25) is 4.98 Å². The number of carbonyl (C=O) groups is 1. The van der Waals surface area contributed by atoms with Crippen LogP contribution in [0.5, 0.6) is 0 Å². The molecule has 2 heterocycles. The molecule has 1 aliphatic rings. The summed E-state index contributed by atoms with van der Waals surface area (Å²) in [6.45, 7) is 0. The van der Waals surface area contributed by atoms with Crippen LogP contribution in [0.2, 0.25) is 0 Å². The van der Waals surface area contributed by atoms with Crippen molar-refractivity contribution in [3.05, 3.63) is 35.8 Å². The lowest BCUT2D eigenvalue weighted by Gasteiger charge is -2.26. The summed E-state index contributed by atoms with van der Waals surface area (Å²) in [5, 5.41) is 0. The quantitative estimate of drug-likeness (QED) is 0.600. The molecular weight excluding hydrogens is 164 g/mol. The minimum Gasteiger partial charge on any atom is -0.367 e. The summed E-state index contributed by atoms with van der Waals surface area (Å²) in [7, 11) is 1.89. The van der Waals surface area contributed by atoms with Gasteiger partial charge in [0, 0.05) is 25.6 Å². The predicted octanol–water partition coefficient (Wildman–Crippen LogP) is 1.24. The Hall–Kier alpha value is -1.64. The van der Waals surface area contributed by atoms with Crippen LogP contribution < -0.4 is 0 Å². The molecule has 66 valence electrons. The van der Waals surface area contributed by atoms with Crippen molar-refractivity contribution in [2.24, 2.45) is 0 Å². The summed E-state index contributed by atoms with van der Waals surface area (Å²) in [4.78, 5) is 16.7. The highest BCUT2D eigenvalue weighted by Crippen LogP contribution is 2.26. The van der Waals surface area contributed by atoms with Gasteiger partial charge in [0.2, 0.25) is 0 Å². The number of pyridine rings is 1. The zero-order chi connectivity index (χ0) is 9.26. The normalized spacial score (nSPS) is 19.8. The van der Waals surface area contributed by atoms with Crippen molar-refractivity contribution in [2.45, 2.75) is 6.04 Å². The molecular formula is C10H10N2O. The number of rotatable bonds is 1. The monoisotopic (exact) mass is 174 g/mol. The van der Waals surface area contributed by atoms with E-state index in [1.54, 1.807) is 12.4 Å². The Labute approximate surface area is 76.7 Å². The van der Waals surface area contributed by atoms with Crippen molar-refractivity contribution < 1.29 is 4.79 Å². The Balaban J connectivity index is 2.53. The van der Waals surface area contributed by atoms with E-state index in [0.29, 0.717) is 0 Å². The van der Waals surface area contributed by atoms with Gasteiger partial charge in [0.15, 0.2) is 0 Å². The van der Waals surface area contributed by atoms with E-state index in [0.717, 1.165) is 17.4 Å². The number of hydrogen-bond acceptors (Lipinski definition) is 3. The zero-order valence-corrected chi connectivity index (χ0v) is 7.34. The highest BCUT2D eigenvalue weighted by atomic mass is 16.1. The fourth-order valence-corrected chi connectivity index (χ4v) is 1.51. The van der Waals surface area contributed by atoms with Crippen LogP contribution in [0.1, 0.15) is 17.2 Å². The second kappa shape index (κ2) is 3.01. The van der Waals surface area contributed by atoms with Gasteiger partial charge < -0.3 is 9.69 Å². The smallest absolute Gasteiger partial charge is 0.146 e. The lowest BCUT2D eigenvalue weighted by atomic mass is 10.00. The molecule has 13 heavy (non-hydrogen) atoms. The van der Waals surface area contributed by atoms with Crippen LogP contribution in [-0.4, -0.2) is 23.2 Å². The Morgan fingerprint density at radius 1 is 1.62 bits per heavy atom. The molecule has 1 atom stereocenters. The van der Waals surface area contributed by atoms with Gasteiger partial charge in [-0.2, -0.15) is 0 Å². The van der Waals surface area contributed by atoms with Gasteiger partial charge in [-0.15, -0.1) is 0 Å². The van der Waals surface area contributed by atoms with E-state index in [1.807, 2.05) is 30.3 Å². The van der Waals surface area contributed by atoms with Gasteiger partial charge in [-0.25, -0.2) is 0 Å². The standard InChI is InChI=1S/C10H10N2O/c1-12-5-3-8-6-11-4-2-9(8)10(12)7-13/h2-7,10H,1H3. The highest BCUT2D eigenvalue weighted by Gasteiger charge is 2.19. The number of likely N-dealkylation sites (N-methyl/N-ethyl adjacent to an activating group) is 1. The van der Waals surface area contributed by atoms with Gasteiger partial charge in [-0.1, -0.05) is 0 Å². The van der Waals surface area contributed by atoms with Gasteiger partial charge in [0.25, 0.3) is 0 Å². The Morgan fingerprint density at radius 2 is 2.46 bits per heavy atom. The molecule has 0 bridgehead atoms. The number of aromatic nitrogens is 1. The maximum absolute atomic E-state index is 10.8. The average Bonchev–Trinajstić information content (AvgIpc) is 2.18. The highest BCUT2D eigenvalue weighted by molar-refractivity contribution is 5.69. The SMILES string of the molecule is CN1C=Cc2cnccc2C1C=O. The predicted molar refractivity (Wildman–Crippen MR) is 49.8 cm³/mol. The number of carbonyl (C=O) groups excluding carboxylic acids is 1. The Bertz CT molecular complexity index is 360. The first kappa shape index (κ1) is 7.98. The average molecular weight is 174 g/mol. The number of fused-ring (bicyclic) bond motifs is 1. The first-order valence-corrected chi connectivity index (χ1v) is 4.12. The summed E-state index contributed by atoms with van der Waals surface area (Å²) >= 11 is 0. The fraction of sp³-hybridized carbons (Fsp3) is 0.200. The Kier molecular flexibility index (Phi) is 1.85. The minimum absolute atomic E-state index is 0.164. The molecule has 0 amide bonds. The molecule has 3 heteroatoms. The summed E-state index contributed by atoms with van der Waals surface area (Å²) in [5.41, 5.74) is 2.05. The molecule has 0 saturated heterocycles. The summed E-state index contributed by atoms with van der Waals surface area (Å²) in [6.07, 6.45) is 8.28. The van der Waals surface area contributed by atoms with Crippen molar-refractivity contribution in [1.82, 2.24) is 9.88 Å². The van der Waals surface area contributed by atoms with E-state index in [-0.39, 0.29) is 6.04 Å². The fourth-order valence-electron chi connectivity index (χ4n) is 1.51. The maximum Gasteiger partial charge on any atom is 0.146 e. The largest absolute Gasteiger partial charge is 0.367 e. The topological polar surface area (TPSA) is 33.2 Å². The minimum atomic E-state index is -0.164. The van der Waals surface area contributed by atoms with Crippen LogP contribution in [0.25, 0.3) is 6.08 Å². The van der Waals surface area contributed by atoms with E-state index in [9.17, 15) is 4.79 Å². The van der Waals surface area contributed by atoms with Crippen molar-refractivity contribution >= 4 is 12.4 Å². The number of nitrogens with zero attached hydrogens (tertiary/aromatic N) is 2. The number of hydrogen-bond donors (Lipinski definition) is 0. The van der Waals surface area contributed by atoms with Crippen molar-refractivity contribution in [3.8, 4) is 0 Å². The van der Waals surface area contributed by atoms with Crippen molar-refractivity contribution in [2.75, 3.05) is 7.05 Å². The van der Waals surface area contributed by atoms with Gasteiger partial charge in [-0.05, 0) is 23.3 Å². The molecule has 0 aliphatic carbocycles. The molecule has 2 rings (SSSR count). The molecule has 0 fully saturated rings. The van der Waals surface area contributed by atoms with Gasteiger partial charge in [0.1, 0.15) is 12.3 Å². The van der Waals surface area contributed by atoms with E-state index in [1.165, 1.54) is 0 Å². The molecule has 0 spiro atoms. The summed E-state index contributed by atoms with van der Waals surface area (Å²) in [5.74, 6) is 0. The molecule has 0 saturated carbocycles. The molecule has 0 radical (unpaired) electrons. The molecule has 1 aromatic rings. The molecule has 1 unspecified atom stereocenters. The molecule has 3 nitrogen and oxygen atoms in total. The summed E-state index contributed by atoms with van der Waals surface area (Å²) < 4.78 is 0. The third kappa shape index (κ3) is 1.22. The van der Waals surface area contributed by atoms with Crippen molar-refractivity contribution in [1.29, 1.82) is 0 Å². The van der Waals surface area contributed by atoms with Crippen LogP contribution in [0.3, 0.4) is 0 Å². The molecule has 1 aliphatic heterocycles.